The second-order valence-corrected chi connectivity index (χ2v) is 14.3. The number of ether oxygens (including phenoxy) is 2. The molecule has 1 aliphatic carbocycles. The van der Waals surface area contributed by atoms with Gasteiger partial charge in [-0.25, -0.2) is 0 Å². The lowest BCUT2D eigenvalue weighted by Gasteiger charge is -2.42. The molecule has 0 saturated heterocycles. The van der Waals surface area contributed by atoms with Crippen molar-refractivity contribution in [2.75, 3.05) is 7.11 Å². The third-order valence-electron chi connectivity index (χ3n) is 9.77. The smallest absolute Gasteiger partial charge is 0.290 e. The molecule has 0 fully saturated rings. The van der Waals surface area contributed by atoms with E-state index in [0.717, 1.165) is 28.9 Å². The molecule has 1 aliphatic rings. The molecule has 6 heteroatoms. The fraction of sp³-hybridized carbons (Fsp3) is 0.333. The summed E-state index contributed by atoms with van der Waals surface area (Å²) in [6, 6.07) is 28.2. The van der Waals surface area contributed by atoms with Crippen LogP contribution < -0.4 is 9.47 Å². The number of aryl methyl sites for hydroxylation is 1. The van der Waals surface area contributed by atoms with Crippen LogP contribution in [-0.4, -0.2) is 22.9 Å². The van der Waals surface area contributed by atoms with Gasteiger partial charge < -0.3 is 18.8 Å². The van der Waals surface area contributed by atoms with Crippen LogP contribution in [0.3, 0.4) is 0 Å². The summed E-state index contributed by atoms with van der Waals surface area (Å²) >= 11 is 0. The normalized spacial score (nSPS) is 14.6. The quantitative estimate of drug-likeness (QED) is 0.144. The predicted octanol–water partition coefficient (Wildman–Crippen LogP) is 9.35. The number of hydrogen-bond donors (Lipinski definition) is 0. The lowest BCUT2D eigenvalue weighted by Crippen LogP contribution is -2.34. The Labute approximate surface area is 284 Å². The zero-order valence-electron chi connectivity index (χ0n) is 29.0. The van der Waals surface area contributed by atoms with Crippen LogP contribution in [-0.2, 0) is 36.9 Å². The molecule has 0 aliphatic heterocycles. The van der Waals surface area contributed by atoms with E-state index in [-0.39, 0.29) is 16.7 Å². The summed E-state index contributed by atoms with van der Waals surface area (Å²) in [6.45, 7) is 12.8. The third kappa shape index (κ3) is 7.33. The minimum absolute atomic E-state index is 0.124. The van der Waals surface area contributed by atoms with E-state index in [1.807, 2.05) is 66.7 Å². The minimum Gasteiger partial charge on any atom is -0.493 e. The first-order chi connectivity index (χ1) is 23.0. The van der Waals surface area contributed by atoms with Gasteiger partial charge in [0.05, 0.1) is 7.11 Å². The number of pyridine rings is 1. The lowest BCUT2D eigenvalue weighted by molar-refractivity contribution is 0.0695. The number of carbonyl (C=O) groups excluding carboxylic acids is 1. The van der Waals surface area contributed by atoms with Crippen LogP contribution in [0.25, 0.3) is 0 Å². The summed E-state index contributed by atoms with van der Waals surface area (Å²) in [5.41, 5.74) is 8.58. The van der Waals surface area contributed by atoms with Gasteiger partial charge in [0, 0.05) is 31.9 Å². The summed E-state index contributed by atoms with van der Waals surface area (Å²) < 4.78 is 18.0. The Bertz CT molecular complexity index is 1870. The molecule has 6 nitrogen and oxygen atoms in total. The number of aromatic nitrogens is 1. The van der Waals surface area contributed by atoms with Crippen molar-refractivity contribution in [3.63, 3.8) is 0 Å². The number of carbonyl (C=O) groups is 1. The largest absolute Gasteiger partial charge is 0.493 e. The highest BCUT2D eigenvalue weighted by Gasteiger charge is 2.37. The van der Waals surface area contributed by atoms with Gasteiger partial charge >= 0.3 is 0 Å². The number of amides is 1. The standard InChI is InChI=1S/C42H46N2O4/c1-29-21-35-36(42(4,5)19-18-41(35,2)3)24-33(29)23-34-15-17-38(48-34)40(45)44(27-32-13-10-20-43-25-32)26-31-14-16-37(39(22-31)46-6)47-28-30-11-8-7-9-12-30/h7-17,20-22,24-25H,18-19,23,26-28H2,1-6H3. The van der Waals surface area contributed by atoms with Gasteiger partial charge in [-0.15, -0.1) is 0 Å². The molecule has 6 rings (SSSR count). The van der Waals surface area contributed by atoms with E-state index in [9.17, 15) is 4.79 Å². The fourth-order valence-electron chi connectivity index (χ4n) is 6.69. The van der Waals surface area contributed by atoms with Crippen molar-refractivity contribution in [3.8, 4) is 11.5 Å². The van der Waals surface area contributed by atoms with Crippen molar-refractivity contribution in [1.82, 2.24) is 9.88 Å². The molecular weight excluding hydrogens is 596 g/mol. The van der Waals surface area contributed by atoms with Gasteiger partial charge in [-0.3, -0.25) is 9.78 Å². The molecule has 0 spiro atoms. The number of rotatable bonds is 11. The second kappa shape index (κ2) is 13.7. The summed E-state index contributed by atoms with van der Waals surface area (Å²) in [7, 11) is 1.63. The highest BCUT2D eigenvalue weighted by atomic mass is 16.5. The molecule has 0 radical (unpaired) electrons. The van der Waals surface area contributed by atoms with Crippen molar-refractivity contribution in [1.29, 1.82) is 0 Å². The SMILES string of the molecule is COc1cc(CN(Cc2cccnc2)C(=O)c2ccc(Cc3cc4c(cc3C)C(C)(C)CCC4(C)C)o2)ccc1OCc1ccccc1. The van der Waals surface area contributed by atoms with Crippen molar-refractivity contribution in [2.45, 2.75) is 84.4 Å². The summed E-state index contributed by atoms with van der Waals surface area (Å²) in [4.78, 5) is 20.1. The number of methoxy groups -OCH3 is 1. The van der Waals surface area contributed by atoms with Crippen molar-refractivity contribution in [3.05, 3.63) is 148 Å². The molecule has 3 aromatic carbocycles. The Morgan fingerprint density at radius 1 is 0.812 bits per heavy atom. The number of furan rings is 1. The van der Waals surface area contributed by atoms with Gasteiger partial charge in [-0.1, -0.05) is 82.3 Å². The Morgan fingerprint density at radius 2 is 1.52 bits per heavy atom. The maximum Gasteiger partial charge on any atom is 0.290 e. The van der Waals surface area contributed by atoms with Gasteiger partial charge in [0.1, 0.15) is 12.4 Å². The predicted molar refractivity (Wildman–Crippen MR) is 190 cm³/mol. The van der Waals surface area contributed by atoms with E-state index in [4.69, 9.17) is 13.9 Å². The van der Waals surface area contributed by atoms with E-state index in [1.165, 1.54) is 28.7 Å². The van der Waals surface area contributed by atoms with Gasteiger partial charge in [0.15, 0.2) is 17.3 Å². The second-order valence-electron chi connectivity index (χ2n) is 14.3. The van der Waals surface area contributed by atoms with E-state index in [0.29, 0.717) is 43.4 Å². The van der Waals surface area contributed by atoms with E-state index in [2.05, 4.69) is 51.7 Å². The first kappa shape index (κ1) is 33.1. The highest BCUT2D eigenvalue weighted by molar-refractivity contribution is 5.91. The summed E-state index contributed by atoms with van der Waals surface area (Å²) in [6.07, 6.45) is 6.50. The molecule has 5 aromatic rings. The molecule has 0 bridgehead atoms. The Balaban J connectivity index is 1.22. The monoisotopic (exact) mass is 642 g/mol. The highest BCUT2D eigenvalue weighted by Crippen LogP contribution is 2.46. The molecule has 0 N–H and O–H groups in total. The lowest BCUT2D eigenvalue weighted by atomic mass is 9.62. The van der Waals surface area contributed by atoms with Crippen molar-refractivity contribution in [2.24, 2.45) is 0 Å². The van der Waals surface area contributed by atoms with Crippen LogP contribution in [0.2, 0.25) is 0 Å². The number of hydrogen-bond acceptors (Lipinski definition) is 5. The zero-order valence-corrected chi connectivity index (χ0v) is 29.0. The number of benzene rings is 3. The first-order valence-electron chi connectivity index (χ1n) is 16.8. The van der Waals surface area contributed by atoms with Gasteiger partial charge in [-0.2, -0.15) is 0 Å². The molecule has 1 amide bonds. The third-order valence-corrected chi connectivity index (χ3v) is 9.77. The molecule has 0 saturated carbocycles. The van der Waals surface area contributed by atoms with Gasteiger partial charge in [0.2, 0.25) is 0 Å². The minimum atomic E-state index is -0.182. The molecule has 0 unspecified atom stereocenters. The Hall–Kier alpha value is -4.84. The van der Waals surface area contributed by atoms with E-state index >= 15 is 0 Å². The number of nitrogens with zero attached hydrogens (tertiary/aromatic N) is 2. The maximum absolute atomic E-state index is 14.1. The fourth-order valence-corrected chi connectivity index (χ4v) is 6.69. The zero-order chi connectivity index (χ0) is 33.9. The summed E-state index contributed by atoms with van der Waals surface area (Å²) in [5, 5.41) is 0. The Kier molecular flexibility index (Phi) is 9.45. The average Bonchev–Trinajstić information content (AvgIpc) is 3.55. The Morgan fingerprint density at radius 3 is 2.23 bits per heavy atom. The molecule has 2 aromatic heterocycles. The van der Waals surface area contributed by atoms with Crippen LogP contribution >= 0.6 is 0 Å². The first-order valence-corrected chi connectivity index (χ1v) is 16.8. The molecule has 0 atom stereocenters. The van der Waals surface area contributed by atoms with E-state index < -0.39 is 0 Å². The van der Waals surface area contributed by atoms with Crippen LogP contribution in [0.5, 0.6) is 11.5 Å². The maximum atomic E-state index is 14.1. The van der Waals surface area contributed by atoms with Crippen LogP contribution in [0.4, 0.5) is 0 Å². The van der Waals surface area contributed by atoms with Gasteiger partial charge in [-0.05, 0) is 99.9 Å². The molecule has 248 valence electrons. The summed E-state index contributed by atoms with van der Waals surface area (Å²) in [5.74, 6) is 2.18. The van der Waals surface area contributed by atoms with Crippen molar-refractivity contribution >= 4 is 5.91 Å². The van der Waals surface area contributed by atoms with Crippen molar-refractivity contribution < 1.29 is 18.7 Å². The molecule has 48 heavy (non-hydrogen) atoms. The topological polar surface area (TPSA) is 64.8 Å². The van der Waals surface area contributed by atoms with Gasteiger partial charge in [0.25, 0.3) is 5.91 Å². The van der Waals surface area contributed by atoms with Crippen LogP contribution in [0.1, 0.15) is 95.8 Å². The van der Waals surface area contributed by atoms with E-state index in [1.54, 1.807) is 30.5 Å². The van der Waals surface area contributed by atoms with Crippen LogP contribution in [0, 0.1) is 6.92 Å². The average molecular weight is 643 g/mol. The molecular formula is C42H46N2O4. The molecule has 2 heterocycles. The number of fused-ring (bicyclic) bond motifs is 1. The van der Waals surface area contributed by atoms with Crippen LogP contribution in [0.15, 0.2) is 102 Å².